The second-order valence-corrected chi connectivity index (χ2v) is 11.7. The summed E-state index contributed by atoms with van der Waals surface area (Å²) < 4.78 is 65.6. The van der Waals surface area contributed by atoms with Crippen LogP contribution in [-0.2, 0) is 22.3 Å². The summed E-state index contributed by atoms with van der Waals surface area (Å²) >= 11 is 1.20. The third kappa shape index (κ3) is 5.54. The third-order valence-corrected chi connectivity index (χ3v) is 8.87. The van der Waals surface area contributed by atoms with Crippen molar-refractivity contribution in [3.05, 3.63) is 64.9 Å². The van der Waals surface area contributed by atoms with E-state index in [-0.39, 0.29) is 64.9 Å². The lowest BCUT2D eigenvalue weighted by atomic mass is 9.96. The molecule has 1 aromatic heterocycles. The summed E-state index contributed by atoms with van der Waals surface area (Å²) in [4.78, 5) is 34.2. The number of nitrogens with zero attached hydrogens (tertiary/aromatic N) is 4. The first kappa shape index (κ1) is 30.1. The maximum Gasteiger partial charge on any atom is 0.417 e. The van der Waals surface area contributed by atoms with Crippen LogP contribution in [0.4, 0.5) is 23.4 Å². The van der Waals surface area contributed by atoms with E-state index in [4.69, 9.17) is 4.74 Å². The molecule has 7 nitrogen and oxygen atoms in total. The Morgan fingerprint density at radius 1 is 1.17 bits per heavy atom. The molecule has 2 aliphatic heterocycles. The molecular formula is C30H32F4N4O3S. The number of ether oxygens (including phenoxy) is 1. The van der Waals surface area contributed by atoms with Gasteiger partial charge in [-0.3, -0.25) is 9.36 Å². The standard InChI is InChI=1S/C30H32F4N4O3S/c1-5-11-41-21-15-37-26-22(28(35-29(37)40)36-13-17(3)38(18(4)14-36)24(39)6-2)12-23(30(32,33)34)25(27(26)42-16-21)19-7-9-20(31)10-8-19/h6-10,12,17-18,21H,2,5,11,13-16H2,1,3-4H3/t17-,18+,21?. The lowest BCUT2D eigenvalue weighted by Gasteiger charge is -2.44. The molecule has 2 aromatic carbocycles. The van der Waals surface area contributed by atoms with Crippen molar-refractivity contribution in [2.45, 2.75) is 63.0 Å². The van der Waals surface area contributed by atoms with E-state index >= 15 is 0 Å². The summed E-state index contributed by atoms with van der Waals surface area (Å²) in [5.74, 6) is -0.354. The van der Waals surface area contributed by atoms with E-state index in [0.29, 0.717) is 17.9 Å². The minimum atomic E-state index is -4.76. The number of thioether (sulfide) groups is 1. The molecular weight excluding hydrogens is 572 g/mol. The highest BCUT2D eigenvalue weighted by molar-refractivity contribution is 7.99. The van der Waals surface area contributed by atoms with Gasteiger partial charge in [0.2, 0.25) is 5.91 Å². The molecule has 224 valence electrons. The largest absolute Gasteiger partial charge is 0.417 e. The van der Waals surface area contributed by atoms with Crippen LogP contribution >= 0.6 is 11.8 Å². The van der Waals surface area contributed by atoms with E-state index in [1.807, 2.05) is 20.8 Å². The Bertz CT molecular complexity index is 1560. The summed E-state index contributed by atoms with van der Waals surface area (Å²) in [6.45, 7) is 10.3. The number of hydrogen-bond donors (Lipinski definition) is 0. The van der Waals surface area contributed by atoms with Gasteiger partial charge < -0.3 is 14.5 Å². The van der Waals surface area contributed by atoms with E-state index in [1.165, 1.54) is 34.5 Å². The van der Waals surface area contributed by atoms with Crippen molar-refractivity contribution in [1.82, 2.24) is 14.5 Å². The summed E-state index contributed by atoms with van der Waals surface area (Å²) in [6, 6.07) is 5.33. The average molecular weight is 605 g/mol. The number of anilines is 1. The van der Waals surface area contributed by atoms with E-state index in [1.54, 1.807) is 9.80 Å². The first-order valence-electron chi connectivity index (χ1n) is 13.8. The predicted octanol–water partition coefficient (Wildman–Crippen LogP) is 5.73. The van der Waals surface area contributed by atoms with Gasteiger partial charge in [0.1, 0.15) is 11.6 Å². The van der Waals surface area contributed by atoms with Crippen molar-refractivity contribution >= 4 is 34.4 Å². The summed E-state index contributed by atoms with van der Waals surface area (Å²) in [5, 5.41) is 0.189. The Kier molecular flexibility index (Phi) is 8.39. The molecule has 0 N–H and O–H groups in total. The molecule has 1 saturated heterocycles. The van der Waals surface area contributed by atoms with Gasteiger partial charge in [0, 0.05) is 53.4 Å². The molecule has 42 heavy (non-hydrogen) atoms. The molecule has 3 heterocycles. The summed E-state index contributed by atoms with van der Waals surface area (Å²) in [6.07, 6.45) is -3.21. The van der Waals surface area contributed by atoms with Crippen LogP contribution in [0.15, 0.2) is 52.7 Å². The highest BCUT2D eigenvalue weighted by Gasteiger charge is 2.39. The molecule has 0 aliphatic carbocycles. The number of carbonyl (C=O) groups is 1. The van der Waals surface area contributed by atoms with E-state index in [2.05, 4.69) is 11.6 Å². The van der Waals surface area contributed by atoms with E-state index in [9.17, 15) is 27.2 Å². The Balaban J connectivity index is 1.79. The van der Waals surface area contributed by atoms with E-state index < -0.39 is 29.4 Å². The normalized spacial score (nSPS) is 21.0. The van der Waals surface area contributed by atoms with Crippen molar-refractivity contribution < 1.29 is 27.1 Å². The minimum absolute atomic E-state index is 0.107. The average Bonchev–Trinajstić information content (AvgIpc) is 3.13. The molecule has 0 spiro atoms. The molecule has 0 radical (unpaired) electrons. The fraction of sp³-hybridized carbons (Fsp3) is 0.433. The van der Waals surface area contributed by atoms with Crippen LogP contribution in [0.25, 0.3) is 22.0 Å². The third-order valence-electron chi connectivity index (χ3n) is 7.64. The first-order valence-corrected chi connectivity index (χ1v) is 14.8. The number of amides is 1. The summed E-state index contributed by atoms with van der Waals surface area (Å²) in [5.41, 5.74) is -1.07. The van der Waals surface area contributed by atoms with Gasteiger partial charge in [0.25, 0.3) is 0 Å². The van der Waals surface area contributed by atoms with E-state index in [0.717, 1.165) is 24.6 Å². The second kappa shape index (κ2) is 11.7. The van der Waals surface area contributed by atoms with Gasteiger partial charge in [-0.25, -0.2) is 9.18 Å². The monoisotopic (exact) mass is 604 g/mol. The van der Waals surface area contributed by atoms with Crippen molar-refractivity contribution in [3.8, 4) is 11.1 Å². The Morgan fingerprint density at radius 3 is 2.43 bits per heavy atom. The lowest BCUT2D eigenvalue weighted by Crippen LogP contribution is -2.58. The van der Waals surface area contributed by atoms with Crippen molar-refractivity contribution in [2.24, 2.45) is 0 Å². The zero-order chi connectivity index (χ0) is 30.3. The van der Waals surface area contributed by atoms with Gasteiger partial charge in [0.05, 0.1) is 23.7 Å². The molecule has 1 amide bonds. The number of aromatic nitrogens is 2. The summed E-state index contributed by atoms with van der Waals surface area (Å²) in [7, 11) is 0. The molecule has 3 aromatic rings. The Morgan fingerprint density at radius 2 is 1.83 bits per heavy atom. The van der Waals surface area contributed by atoms with Crippen molar-refractivity contribution in [3.63, 3.8) is 0 Å². The molecule has 0 saturated carbocycles. The first-order chi connectivity index (χ1) is 19.9. The molecule has 0 bridgehead atoms. The zero-order valence-electron chi connectivity index (χ0n) is 23.6. The van der Waals surface area contributed by atoms with Crippen LogP contribution < -0.4 is 10.6 Å². The number of carbonyl (C=O) groups excluding carboxylic acids is 1. The van der Waals surface area contributed by atoms with Crippen LogP contribution in [0, 0.1) is 5.82 Å². The lowest BCUT2D eigenvalue weighted by molar-refractivity contribution is -0.137. The SMILES string of the molecule is C=CC(=O)N1[C@H](C)CN(c2nc(=O)n3c4c(c(-c5ccc(F)cc5)c(C(F)(F)F)cc24)SCC(OCCC)C3)C[C@@H]1C. The van der Waals surface area contributed by atoms with Gasteiger partial charge in [-0.1, -0.05) is 25.6 Å². The minimum Gasteiger partial charge on any atom is -0.375 e. The zero-order valence-corrected chi connectivity index (χ0v) is 24.4. The number of rotatable bonds is 6. The topological polar surface area (TPSA) is 67.7 Å². The van der Waals surface area contributed by atoms with Gasteiger partial charge in [-0.05, 0) is 50.1 Å². The quantitative estimate of drug-likeness (QED) is 0.264. The highest BCUT2D eigenvalue weighted by Crippen LogP contribution is 2.48. The Hall–Kier alpha value is -3.38. The van der Waals surface area contributed by atoms with Crippen molar-refractivity contribution in [1.29, 1.82) is 0 Å². The highest BCUT2D eigenvalue weighted by atomic mass is 32.2. The number of benzene rings is 2. The maximum atomic E-state index is 14.8. The second-order valence-electron chi connectivity index (χ2n) is 10.7. The molecule has 2 aliphatic rings. The van der Waals surface area contributed by atoms with Crippen LogP contribution in [0.5, 0.6) is 0 Å². The number of hydrogen-bond acceptors (Lipinski definition) is 6. The molecule has 1 unspecified atom stereocenters. The fourth-order valence-electron chi connectivity index (χ4n) is 5.92. The number of alkyl halides is 3. The molecule has 12 heteroatoms. The molecule has 1 fully saturated rings. The van der Waals surface area contributed by atoms with Gasteiger partial charge in [0.15, 0.2) is 0 Å². The van der Waals surface area contributed by atoms with Crippen LogP contribution in [0.3, 0.4) is 0 Å². The van der Waals surface area contributed by atoms with Crippen LogP contribution in [0.1, 0.15) is 32.8 Å². The van der Waals surface area contributed by atoms with Crippen LogP contribution in [-0.4, -0.2) is 64.0 Å². The molecule has 3 atom stereocenters. The number of piperazine rings is 1. The van der Waals surface area contributed by atoms with Gasteiger partial charge >= 0.3 is 11.9 Å². The van der Waals surface area contributed by atoms with Crippen molar-refractivity contribution in [2.75, 3.05) is 30.3 Å². The predicted molar refractivity (Wildman–Crippen MR) is 155 cm³/mol. The fourth-order valence-corrected chi connectivity index (χ4v) is 7.21. The number of halogens is 4. The maximum absolute atomic E-state index is 14.8. The van der Waals surface area contributed by atoms with Gasteiger partial charge in [-0.2, -0.15) is 18.2 Å². The smallest absolute Gasteiger partial charge is 0.375 e. The molecule has 5 rings (SSSR count). The van der Waals surface area contributed by atoms with Crippen LogP contribution in [0.2, 0.25) is 0 Å². The van der Waals surface area contributed by atoms with Gasteiger partial charge in [-0.15, -0.1) is 11.8 Å². The Labute approximate surface area is 245 Å².